The summed E-state index contributed by atoms with van der Waals surface area (Å²) >= 11 is 0. The first-order chi connectivity index (χ1) is 8.73. The van der Waals surface area contributed by atoms with Gasteiger partial charge < -0.3 is 4.74 Å². The molecule has 1 aromatic rings. The number of rotatable bonds is 5. The van der Waals surface area contributed by atoms with Crippen LogP contribution < -0.4 is 11.3 Å². The maximum absolute atomic E-state index is 6.09. The summed E-state index contributed by atoms with van der Waals surface area (Å²) in [5, 5.41) is 7.93. The van der Waals surface area contributed by atoms with Gasteiger partial charge in [0.15, 0.2) is 0 Å². The van der Waals surface area contributed by atoms with E-state index < -0.39 is 0 Å². The molecule has 1 unspecified atom stereocenters. The number of aromatic nitrogens is 3. The third-order valence-corrected chi connectivity index (χ3v) is 3.87. The molecule has 2 rings (SSSR count). The summed E-state index contributed by atoms with van der Waals surface area (Å²) in [5.41, 5.74) is 3.67. The Labute approximate surface area is 108 Å². The Morgan fingerprint density at radius 2 is 2.22 bits per heavy atom. The van der Waals surface area contributed by atoms with Crippen molar-refractivity contribution < 1.29 is 4.74 Å². The van der Waals surface area contributed by atoms with Crippen molar-refractivity contribution in [2.75, 3.05) is 6.61 Å². The SMILES string of the molecule is CCOC1(C(NN)c2cnnn2C)CCCCC1. The second kappa shape index (κ2) is 5.77. The fourth-order valence-electron chi connectivity index (χ4n) is 3.02. The van der Waals surface area contributed by atoms with Crippen LogP contribution in [0.15, 0.2) is 6.20 Å². The van der Waals surface area contributed by atoms with Gasteiger partial charge in [-0.25, -0.2) is 5.43 Å². The largest absolute Gasteiger partial charge is 0.373 e. The van der Waals surface area contributed by atoms with Gasteiger partial charge in [0.2, 0.25) is 0 Å². The monoisotopic (exact) mass is 253 g/mol. The predicted octanol–water partition coefficient (Wildman–Crippen LogP) is 1.06. The number of hydrogen-bond acceptors (Lipinski definition) is 5. The van der Waals surface area contributed by atoms with Gasteiger partial charge in [0.1, 0.15) is 0 Å². The van der Waals surface area contributed by atoms with E-state index in [1.54, 1.807) is 10.9 Å². The van der Waals surface area contributed by atoms with Crippen molar-refractivity contribution in [1.29, 1.82) is 0 Å². The van der Waals surface area contributed by atoms with Gasteiger partial charge in [-0.15, -0.1) is 5.10 Å². The number of nitrogens with one attached hydrogen (secondary N) is 1. The van der Waals surface area contributed by atoms with Crippen LogP contribution in [0, 0.1) is 0 Å². The molecule has 1 heterocycles. The standard InChI is InChI=1S/C12H23N5O/c1-3-18-12(7-5-4-6-8-12)11(15-13)10-9-14-16-17(10)2/h9,11,15H,3-8,13H2,1-2H3. The van der Waals surface area contributed by atoms with Gasteiger partial charge >= 0.3 is 0 Å². The first-order valence-electron chi connectivity index (χ1n) is 6.68. The zero-order valence-corrected chi connectivity index (χ0v) is 11.2. The minimum Gasteiger partial charge on any atom is -0.373 e. The van der Waals surface area contributed by atoms with Crippen molar-refractivity contribution in [3.63, 3.8) is 0 Å². The minimum atomic E-state index is -0.225. The molecule has 0 aromatic carbocycles. The highest BCUT2D eigenvalue weighted by Crippen LogP contribution is 2.40. The molecule has 0 amide bonds. The highest BCUT2D eigenvalue weighted by molar-refractivity contribution is 5.10. The summed E-state index contributed by atoms with van der Waals surface area (Å²) in [7, 11) is 1.88. The maximum atomic E-state index is 6.09. The molecule has 102 valence electrons. The Morgan fingerprint density at radius 3 is 2.72 bits per heavy atom. The van der Waals surface area contributed by atoms with Crippen molar-refractivity contribution in [2.24, 2.45) is 12.9 Å². The van der Waals surface area contributed by atoms with Crippen LogP contribution in [0.25, 0.3) is 0 Å². The number of hydrogen-bond donors (Lipinski definition) is 2. The molecule has 0 bridgehead atoms. The van der Waals surface area contributed by atoms with Crippen molar-refractivity contribution in [3.8, 4) is 0 Å². The van der Waals surface area contributed by atoms with Gasteiger partial charge in [-0.2, -0.15) is 0 Å². The molecule has 1 aliphatic carbocycles. The topological polar surface area (TPSA) is 78.0 Å². The average molecular weight is 253 g/mol. The fourth-order valence-corrected chi connectivity index (χ4v) is 3.02. The third kappa shape index (κ3) is 2.41. The summed E-state index contributed by atoms with van der Waals surface area (Å²) < 4.78 is 7.85. The van der Waals surface area contributed by atoms with Gasteiger partial charge in [0.25, 0.3) is 0 Å². The highest BCUT2D eigenvalue weighted by Gasteiger charge is 2.42. The lowest BCUT2D eigenvalue weighted by Crippen LogP contribution is -2.50. The molecular weight excluding hydrogens is 230 g/mol. The van der Waals surface area contributed by atoms with Crippen LogP contribution in [0.3, 0.4) is 0 Å². The van der Waals surface area contributed by atoms with Crippen molar-refractivity contribution in [3.05, 3.63) is 11.9 Å². The molecule has 0 saturated heterocycles. The number of ether oxygens (including phenoxy) is 1. The lowest BCUT2D eigenvalue weighted by molar-refractivity contribution is -0.0928. The molecule has 1 aromatic heterocycles. The zero-order chi connectivity index (χ0) is 13.0. The summed E-state index contributed by atoms with van der Waals surface area (Å²) in [4.78, 5) is 0. The summed E-state index contributed by atoms with van der Waals surface area (Å²) in [5.74, 6) is 5.78. The molecule has 1 atom stereocenters. The summed E-state index contributed by atoms with van der Waals surface area (Å²) in [6.07, 6.45) is 7.46. The Balaban J connectivity index is 2.29. The Morgan fingerprint density at radius 1 is 1.50 bits per heavy atom. The van der Waals surface area contributed by atoms with Crippen LogP contribution in [-0.2, 0) is 11.8 Å². The molecule has 0 radical (unpaired) electrons. The Hall–Kier alpha value is -0.980. The summed E-state index contributed by atoms with van der Waals surface area (Å²) in [6, 6.07) is -0.0576. The smallest absolute Gasteiger partial charge is 0.0934 e. The number of nitrogens with zero attached hydrogens (tertiary/aromatic N) is 3. The minimum absolute atomic E-state index is 0.0576. The van der Waals surface area contributed by atoms with E-state index in [0.717, 1.165) is 18.5 Å². The van der Waals surface area contributed by atoms with Gasteiger partial charge in [0, 0.05) is 13.7 Å². The fraction of sp³-hybridized carbons (Fsp3) is 0.833. The second-order valence-corrected chi connectivity index (χ2v) is 4.94. The van der Waals surface area contributed by atoms with Crippen molar-refractivity contribution >= 4 is 0 Å². The molecule has 0 aliphatic heterocycles. The Bertz CT molecular complexity index is 367. The number of aryl methyl sites for hydroxylation is 1. The highest BCUT2D eigenvalue weighted by atomic mass is 16.5. The Kier molecular flexibility index (Phi) is 4.31. The van der Waals surface area contributed by atoms with E-state index in [4.69, 9.17) is 10.6 Å². The van der Waals surface area contributed by atoms with E-state index in [-0.39, 0.29) is 11.6 Å². The molecular formula is C12H23N5O. The van der Waals surface area contributed by atoms with Gasteiger partial charge in [0.05, 0.1) is 23.5 Å². The van der Waals surface area contributed by atoms with Gasteiger partial charge in [-0.1, -0.05) is 24.5 Å². The lowest BCUT2D eigenvalue weighted by atomic mass is 9.78. The second-order valence-electron chi connectivity index (χ2n) is 4.94. The van der Waals surface area contributed by atoms with E-state index in [2.05, 4.69) is 15.7 Å². The van der Waals surface area contributed by atoms with Crippen LogP contribution >= 0.6 is 0 Å². The summed E-state index contributed by atoms with van der Waals surface area (Å²) in [6.45, 7) is 2.73. The normalized spacial score (nSPS) is 20.8. The molecule has 0 spiro atoms. The average Bonchev–Trinajstić information content (AvgIpc) is 2.78. The molecule has 6 nitrogen and oxygen atoms in total. The van der Waals surface area contributed by atoms with E-state index in [9.17, 15) is 0 Å². The first kappa shape index (κ1) is 13.5. The van der Waals surface area contributed by atoms with E-state index in [1.807, 2.05) is 14.0 Å². The van der Waals surface area contributed by atoms with E-state index in [0.29, 0.717) is 6.61 Å². The predicted molar refractivity (Wildman–Crippen MR) is 68.5 cm³/mol. The van der Waals surface area contributed by atoms with E-state index in [1.165, 1.54) is 19.3 Å². The van der Waals surface area contributed by atoms with Gasteiger partial charge in [-0.05, 0) is 19.8 Å². The van der Waals surface area contributed by atoms with E-state index >= 15 is 0 Å². The van der Waals surface area contributed by atoms with Crippen LogP contribution in [0.2, 0.25) is 0 Å². The zero-order valence-electron chi connectivity index (χ0n) is 11.2. The lowest BCUT2D eigenvalue weighted by Gasteiger charge is -2.42. The van der Waals surface area contributed by atoms with Gasteiger partial charge in [-0.3, -0.25) is 10.5 Å². The molecule has 18 heavy (non-hydrogen) atoms. The van der Waals surface area contributed by atoms with Crippen LogP contribution in [0.1, 0.15) is 50.8 Å². The van der Waals surface area contributed by atoms with Crippen LogP contribution in [0.4, 0.5) is 0 Å². The maximum Gasteiger partial charge on any atom is 0.0934 e. The molecule has 1 saturated carbocycles. The molecule has 1 aliphatic rings. The third-order valence-electron chi connectivity index (χ3n) is 3.87. The van der Waals surface area contributed by atoms with Crippen molar-refractivity contribution in [2.45, 2.75) is 50.7 Å². The van der Waals surface area contributed by atoms with Crippen LogP contribution in [0.5, 0.6) is 0 Å². The van der Waals surface area contributed by atoms with Crippen LogP contribution in [-0.4, -0.2) is 27.2 Å². The molecule has 6 heteroatoms. The van der Waals surface area contributed by atoms with Crippen molar-refractivity contribution in [1.82, 2.24) is 20.4 Å². The first-order valence-corrected chi connectivity index (χ1v) is 6.68. The molecule has 3 N–H and O–H groups in total. The quantitative estimate of drug-likeness (QED) is 0.606. The number of hydrazine groups is 1. The number of nitrogens with two attached hydrogens (primary N) is 1. The molecule has 1 fully saturated rings.